The highest BCUT2D eigenvalue weighted by Crippen LogP contribution is 2.16. The van der Waals surface area contributed by atoms with Crippen LogP contribution in [0, 0.1) is 0 Å². The summed E-state index contributed by atoms with van der Waals surface area (Å²) in [5.41, 5.74) is 1.07. The molecule has 2 aromatic rings. The summed E-state index contributed by atoms with van der Waals surface area (Å²) in [5, 5.41) is 3.17. The topological polar surface area (TPSA) is 82.9 Å². The van der Waals surface area contributed by atoms with E-state index in [1.165, 1.54) is 6.26 Å². The number of piperazine rings is 2. The van der Waals surface area contributed by atoms with Crippen molar-refractivity contribution < 1.29 is 14.0 Å². The molecule has 2 aliphatic heterocycles. The number of fused-ring (bicyclic) bond motifs is 2. The summed E-state index contributed by atoms with van der Waals surface area (Å²) in [4.78, 5) is 40.1. The third-order valence-electron chi connectivity index (χ3n) is 4.65. The minimum absolute atomic E-state index is 0.0514. The number of nitrogens with one attached hydrogen (secondary N) is 1. The van der Waals surface area contributed by atoms with Crippen LogP contribution in [0.3, 0.4) is 0 Å². The van der Waals surface area contributed by atoms with E-state index in [9.17, 15) is 14.4 Å². The van der Waals surface area contributed by atoms with Gasteiger partial charge in [0, 0.05) is 31.7 Å². The van der Waals surface area contributed by atoms with Gasteiger partial charge in [0.1, 0.15) is 11.6 Å². The van der Waals surface area contributed by atoms with Crippen LogP contribution in [-0.2, 0) is 16.1 Å². The van der Waals surface area contributed by atoms with Crippen LogP contribution in [0.4, 0.5) is 0 Å². The molecule has 7 heteroatoms. The Balaban J connectivity index is 1.56. The predicted octanol–water partition coefficient (Wildman–Crippen LogP) is -0.0644. The maximum Gasteiger partial charge on any atom is 0.244 e. The predicted molar refractivity (Wildman–Crippen MR) is 86.3 cm³/mol. The molecule has 7 nitrogen and oxygen atoms in total. The molecule has 4 rings (SSSR count). The summed E-state index contributed by atoms with van der Waals surface area (Å²) < 4.78 is 5.54. The summed E-state index contributed by atoms with van der Waals surface area (Å²) in [5.74, 6) is -0.186. The normalized spacial score (nSPS) is 21.7. The molecule has 2 aliphatic rings. The van der Waals surface area contributed by atoms with Crippen molar-refractivity contribution in [1.82, 2.24) is 15.1 Å². The van der Waals surface area contributed by atoms with Crippen LogP contribution in [0.25, 0.3) is 11.0 Å². The lowest BCUT2D eigenvalue weighted by molar-refractivity contribution is -0.149. The first-order valence-corrected chi connectivity index (χ1v) is 7.92. The lowest BCUT2D eigenvalue weighted by Crippen LogP contribution is -2.65. The Hall–Kier alpha value is -2.67. The van der Waals surface area contributed by atoms with Crippen molar-refractivity contribution in [2.45, 2.75) is 12.6 Å². The second kappa shape index (κ2) is 5.76. The van der Waals surface area contributed by atoms with E-state index in [1.807, 2.05) is 11.0 Å². The maximum atomic E-state index is 12.6. The summed E-state index contributed by atoms with van der Waals surface area (Å²) >= 11 is 0. The zero-order valence-electron chi connectivity index (χ0n) is 13.0. The molecular formula is C17H17N3O4. The SMILES string of the molecule is O=C1NCC(=O)N2CCN(Cc3coc4ccccc4c3=O)CC12. The molecule has 1 N–H and O–H groups in total. The second-order valence-electron chi connectivity index (χ2n) is 6.14. The Labute approximate surface area is 137 Å². The van der Waals surface area contributed by atoms with Gasteiger partial charge in [0.2, 0.25) is 11.8 Å². The molecule has 3 heterocycles. The van der Waals surface area contributed by atoms with Crippen molar-refractivity contribution in [2.75, 3.05) is 26.2 Å². The fourth-order valence-electron chi connectivity index (χ4n) is 3.36. The van der Waals surface area contributed by atoms with Crippen molar-refractivity contribution in [3.8, 4) is 0 Å². The zero-order chi connectivity index (χ0) is 16.7. The Bertz CT molecular complexity index is 876. The number of nitrogens with zero attached hydrogens (tertiary/aromatic N) is 2. The van der Waals surface area contributed by atoms with E-state index in [2.05, 4.69) is 5.32 Å². The maximum absolute atomic E-state index is 12.6. The number of amides is 2. The standard InChI is InChI=1S/C17H17N3O4/c21-15-7-18-17(23)13-9-19(5-6-20(13)15)8-11-10-24-14-4-2-1-3-12(14)16(11)22/h1-4,10,13H,5-9H2,(H,18,23). The molecule has 2 saturated heterocycles. The van der Waals surface area contributed by atoms with Crippen molar-refractivity contribution >= 4 is 22.8 Å². The van der Waals surface area contributed by atoms with Gasteiger partial charge >= 0.3 is 0 Å². The smallest absolute Gasteiger partial charge is 0.244 e. The first-order chi connectivity index (χ1) is 11.6. The molecule has 0 saturated carbocycles. The van der Waals surface area contributed by atoms with E-state index in [0.29, 0.717) is 42.7 Å². The average molecular weight is 327 g/mol. The van der Waals surface area contributed by atoms with Gasteiger partial charge in [0.25, 0.3) is 0 Å². The summed E-state index contributed by atoms with van der Waals surface area (Å²) in [6, 6.07) is 6.66. The molecule has 0 aliphatic carbocycles. The molecule has 1 aromatic carbocycles. The second-order valence-corrected chi connectivity index (χ2v) is 6.14. The fourth-order valence-corrected chi connectivity index (χ4v) is 3.36. The monoisotopic (exact) mass is 327 g/mol. The summed E-state index contributed by atoms with van der Waals surface area (Å²) in [6.45, 7) is 2.02. The van der Waals surface area contributed by atoms with Gasteiger partial charge in [-0.2, -0.15) is 0 Å². The Morgan fingerprint density at radius 2 is 2.00 bits per heavy atom. The van der Waals surface area contributed by atoms with E-state index in [4.69, 9.17) is 4.42 Å². The molecule has 124 valence electrons. The molecule has 0 spiro atoms. The minimum Gasteiger partial charge on any atom is -0.464 e. The van der Waals surface area contributed by atoms with Crippen LogP contribution in [0.5, 0.6) is 0 Å². The van der Waals surface area contributed by atoms with Gasteiger partial charge in [-0.05, 0) is 12.1 Å². The van der Waals surface area contributed by atoms with Gasteiger partial charge in [-0.1, -0.05) is 12.1 Å². The number of hydrogen-bond acceptors (Lipinski definition) is 5. The highest BCUT2D eigenvalue weighted by Gasteiger charge is 2.38. The molecule has 24 heavy (non-hydrogen) atoms. The quantitative estimate of drug-likeness (QED) is 0.835. The van der Waals surface area contributed by atoms with Crippen LogP contribution in [-0.4, -0.2) is 53.8 Å². The number of carbonyl (C=O) groups is 2. The van der Waals surface area contributed by atoms with Crippen molar-refractivity contribution in [2.24, 2.45) is 0 Å². The highest BCUT2D eigenvalue weighted by atomic mass is 16.3. The molecule has 0 radical (unpaired) electrons. The van der Waals surface area contributed by atoms with Gasteiger partial charge < -0.3 is 14.6 Å². The number of benzene rings is 1. The largest absolute Gasteiger partial charge is 0.464 e. The van der Waals surface area contributed by atoms with E-state index in [-0.39, 0.29) is 23.8 Å². The van der Waals surface area contributed by atoms with Gasteiger partial charge in [-0.25, -0.2) is 0 Å². The van der Waals surface area contributed by atoms with Crippen molar-refractivity contribution in [3.63, 3.8) is 0 Å². The minimum atomic E-state index is -0.479. The summed E-state index contributed by atoms with van der Waals surface area (Å²) in [6.07, 6.45) is 1.49. The Morgan fingerprint density at radius 3 is 2.88 bits per heavy atom. The fraction of sp³-hybridized carbons (Fsp3) is 0.353. The van der Waals surface area contributed by atoms with Gasteiger partial charge in [-0.15, -0.1) is 0 Å². The van der Waals surface area contributed by atoms with Gasteiger partial charge in [0.05, 0.1) is 18.2 Å². The van der Waals surface area contributed by atoms with E-state index >= 15 is 0 Å². The molecule has 2 amide bonds. The molecule has 2 fully saturated rings. The van der Waals surface area contributed by atoms with Crippen LogP contribution in [0.2, 0.25) is 0 Å². The number of rotatable bonds is 2. The van der Waals surface area contributed by atoms with Crippen molar-refractivity contribution in [3.05, 3.63) is 46.3 Å². The van der Waals surface area contributed by atoms with Crippen LogP contribution >= 0.6 is 0 Å². The highest BCUT2D eigenvalue weighted by molar-refractivity contribution is 5.95. The third kappa shape index (κ3) is 2.46. The Kier molecular flexibility index (Phi) is 3.57. The van der Waals surface area contributed by atoms with Gasteiger partial charge in [-0.3, -0.25) is 19.3 Å². The lowest BCUT2D eigenvalue weighted by Gasteiger charge is -2.42. The van der Waals surface area contributed by atoms with Crippen LogP contribution in [0.15, 0.2) is 39.7 Å². The lowest BCUT2D eigenvalue weighted by atomic mass is 10.1. The number of carbonyl (C=O) groups excluding carboxylic acids is 2. The van der Waals surface area contributed by atoms with Crippen molar-refractivity contribution in [1.29, 1.82) is 0 Å². The van der Waals surface area contributed by atoms with Crippen LogP contribution < -0.4 is 10.7 Å². The molecule has 0 bridgehead atoms. The number of para-hydroxylation sites is 1. The molecule has 1 atom stereocenters. The average Bonchev–Trinajstić information content (AvgIpc) is 2.61. The molecular weight excluding hydrogens is 310 g/mol. The van der Waals surface area contributed by atoms with Crippen LogP contribution in [0.1, 0.15) is 5.56 Å². The first kappa shape index (κ1) is 14.9. The molecule has 1 unspecified atom stereocenters. The van der Waals surface area contributed by atoms with Gasteiger partial charge in [0.15, 0.2) is 5.43 Å². The number of hydrogen-bond donors (Lipinski definition) is 1. The summed E-state index contributed by atoms with van der Waals surface area (Å²) in [7, 11) is 0. The van der Waals surface area contributed by atoms with E-state index < -0.39 is 6.04 Å². The van der Waals surface area contributed by atoms with E-state index in [0.717, 1.165) is 0 Å². The zero-order valence-corrected chi connectivity index (χ0v) is 13.0. The van der Waals surface area contributed by atoms with E-state index in [1.54, 1.807) is 23.1 Å². The first-order valence-electron chi connectivity index (χ1n) is 7.92. The molecule has 1 aromatic heterocycles. The third-order valence-corrected chi connectivity index (χ3v) is 4.65. The Morgan fingerprint density at radius 1 is 1.17 bits per heavy atom.